The smallest absolute Gasteiger partial charge is 0.276 e. The molecule has 0 amide bonds. The van der Waals surface area contributed by atoms with E-state index in [2.05, 4.69) is 15.2 Å². The molecule has 1 unspecified atom stereocenters. The predicted molar refractivity (Wildman–Crippen MR) is 110 cm³/mol. The Kier molecular flexibility index (Phi) is 4.99. The number of hydrogen-bond acceptors (Lipinski definition) is 9. The van der Waals surface area contributed by atoms with Crippen molar-refractivity contribution >= 4 is 37.9 Å². The molecule has 4 heterocycles. The Morgan fingerprint density at radius 1 is 1.28 bits per heavy atom. The summed E-state index contributed by atoms with van der Waals surface area (Å²) in [6.45, 7) is 0. The third kappa shape index (κ3) is 3.99. The Hall–Kier alpha value is -1.72. The van der Waals surface area contributed by atoms with E-state index < -0.39 is 9.84 Å². The van der Waals surface area contributed by atoms with E-state index in [1.807, 2.05) is 0 Å². The summed E-state index contributed by atoms with van der Waals surface area (Å²) in [5, 5.41) is 8.48. The molecule has 0 saturated carbocycles. The molecule has 1 aliphatic heterocycles. The number of fused-ring (bicyclic) bond motifs is 3. The largest absolute Gasteiger partial charge is 0.416 e. The molecule has 3 aromatic rings. The lowest BCUT2D eigenvalue weighted by atomic mass is 10.0. The van der Waals surface area contributed by atoms with Crippen LogP contribution in [0, 0.1) is 5.92 Å². The highest BCUT2D eigenvalue weighted by Crippen LogP contribution is 2.29. The number of aromatic nitrogens is 4. The zero-order valence-corrected chi connectivity index (χ0v) is 18.1. The Labute approximate surface area is 175 Å². The first kappa shape index (κ1) is 19.3. The minimum atomic E-state index is -2.91. The Balaban J connectivity index is 1.27. The highest BCUT2D eigenvalue weighted by molar-refractivity contribution is 7.98. The van der Waals surface area contributed by atoms with Crippen molar-refractivity contribution in [2.24, 2.45) is 5.92 Å². The van der Waals surface area contributed by atoms with E-state index in [1.165, 1.54) is 23.1 Å². The van der Waals surface area contributed by atoms with Crippen molar-refractivity contribution in [3.05, 3.63) is 38.6 Å². The third-order valence-electron chi connectivity index (χ3n) is 5.40. The lowest BCUT2D eigenvalue weighted by Crippen LogP contribution is -2.17. The van der Waals surface area contributed by atoms with Gasteiger partial charge in [0.2, 0.25) is 5.89 Å². The van der Waals surface area contributed by atoms with Crippen molar-refractivity contribution in [2.75, 3.05) is 11.5 Å². The average molecular weight is 453 g/mol. The van der Waals surface area contributed by atoms with Gasteiger partial charge in [-0.1, -0.05) is 11.8 Å². The van der Waals surface area contributed by atoms with Crippen molar-refractivity contribution in [3.8, 4) is 0 Å². The van der Waals surface area contributed by atoms with Crippen LogP contribution < -0.4 is 5.56 Å². The zero-order chi connectivity index (χ0) is 20.0. The fraction of sp³-hybridized carbons (Fsp3) is 0.556. The van der Waals surface area contributed by atoms with E-state index in [9.17, 15) is 13.2 Å². The average Bonchev–Trinajstić information content (AvgIpc) is 3.36. The van der Waals surface area contributed by atoms with E-state index in [4.69, 9.17) is 4.42 Å². The van der Waals surface area contributed by atoms with Crippen molar-refractivity contribution in [1.82, 2.24) is 19.6 Å². The van der Waals surface area contributed by atoms with Crippen LogP contribution in [0.2, 0.25) is 0 Å². The first-order valence-electron chi connectivity index (χ1n) is 9.66. The van der Waals surface area contributed by atoms with Crippen LogP contribution in [-0.4, -0.2) is 39.5 Å². The molecule has 8 nitrogen and oxygen atoms in total. The molecule has 29 heavy (non-hydrogen) atoms. The van der Waals surface area contributed by atoms with Gasteiger partial charge in [-0.3, -0.25) is 9.20 Å². The van der Waals surface area contributed by atoms with Crippen LogP contribution in [0.25, 0.3) is 4.96 Å². The molecule has 1 atom stereocenters. The minimum absolute atomic E-state index is 0.0290. The fourth-order valence-electron chi connectivity index (χ4n) is 4.01. The van der Waals surface area contributed by atoms with Crippen molar-refractivity contribution < 1.29 is 12.8 Å². The first-order chi connectivity index (χ1) is 14.0. The molecule has 1 fully saturated rings. The minimum Gasteiger partial charge on any atom is -0.416 e. The number of thioether (sulfide) groups is 1. The third-order valence-corrected chi connectivity index (χ3v) is 9.23. The number of hydrogen-bond donors (Lipinski definition) is 0. The van der Waals surface area contributed by atoms with E-state index in [1.54, 1.807) is 21.8 Å². The molecule has 1 saturated heterocycles. The summed E-state index contributed by atoms with van der Waals surface area (Å²) in [6.07, 6.45) is 5.39. The summed E-state index contributed by atoms with van der Waals surface area (Å²) in [7, 11) is -2.91. The number of thiazole rings is 1. The van der Waals surface area contributed by atoms with Gasteiger partial charge in [0.25, 0.3) is 10.8 Å². The van der Waals surface area contributed by atoms with Gasteiger partial charge in [-0.05, 0) is 38.0 Å². The van der Waals surface area contributed by atoms with Crippen LogP contribution in [0.1, 0.15) is 41.4 Å². The van der Waals surface area contributed by atoms with Gasteiger partial charge >= 0.3 is 0 Å². The molecule has 3 aromatic heterocycles. The fourth-order valence-corrected chi connectivity index (χ4v) is 7.78. The van der Waals surface area contributed by atoms with Gasteiger partial charge in [-0.2, -0.15) is 0 Å². The monoisotopic (exact) mass is 452 g/mol. The molecule has 0 aromatic carbocycles. The quantitative estimate of drug-likeness (QED) is 0.543. The van der Waals surface area contributed by atoms with Gasteiger partial charge in [0, 0.05) is 28.8 Å². The van der Waals surface area contributed by atoms with Gasteiger partial charge in [-0.25, -0.2) is 13.4 Å². The second-order valence-corrected chi connectivity index (χ2v) is 11.8. The number of sulfone groups is 1. The SMILES string of the molecule is O=c1cc(CSc2nnc(CC3CCS(=O)(=O)C3)o2)nc2sc3c(n12)CCCC3. The topological polar surface area (TPSA) is 107 Å². The predicted octanol–water partition coefficient (Wildman–Crippen LogP) is 2.29. The van der Waals surface area contributed by atoms with Crippen LogP contribution in [0.5, 0.6) is 0 Å². The number of rotatable bonds is 5. The van der Waals surface area contributed by atoms with E-state index in [0.29, 0.717) is 35.4 Å². The molecule has 0 N–H and O–H groups in total. The van der Waals surface area contributed by atoms with Crippen LogP contribution in [0.3, 0.4) is 0 Å². The lowest BCUT2D eigenvalue weighted by Gasteiger charge is -2.09. The van der Waals surface area contributed by atoms with Crippen molar-refractivity contribution in [1.29, 1.82) is 0 Å². The maximum atomic E-state index is 12.6. The summed E-state index contributed by atoms with van der Waals surface area (Å²) in [5.74, 6) is 1.41. The molecular weight excluding hydrogens is 432 g/mol. The molecule has 5 rings (SSSR count). The molecular formula is C18H20N4O4S3. The summed E-state index contributed by atoms with van der Waals surface area (Å²) >= 11 is 2.95. The Morgan fingerprint density at radius 2 is 2.14 bits per heavy atom. The van der Waals surface area contributed by atoms with Crippen LogP contribution in [0.15, 0.2) is 20.5 Å². The summed E-state index contributed by atoms with van der Waals surface area (Å²) in [4.78, 5) is 19.3. The second kappa shape index (κ2) is 7.51. The van der Waals surface area contributed by atoms with Crippen molar-refractivity contribution in [3.63, 3.8) is 0 Å². The van der Waals surface area contributed by atoms with Crippen molar-refractivity contribution in [2.45, 2.75) is 49.5 Å². The van der Waals surface area contributed by atoms with Gasteiger partial charge in [-0.15, -0.1) is 21.5 Å². The van der Waals surface area contributed by atoms with Crippen LogP contribution in [0.4, 0.5) is 0 Å². The van der Waals surface area contributed by atoms with E-state index in [-0.39, 0.29) is 23.0 Å². The highest BCUT2D eigenvalue weighted by atomic mass is 32.2. The van der Waals surface area contributed by atoms with Gasteiger partial charge in [0.1, 0.15) is 0 Å². The van der Waals surface area contributed by atoms with Gasteiger partial charge < -0.3 is 4.42 Å². The zero-order valence-electron chi connectivity index (χ0n) is 15.7. The molecule has 0 radical (unpaired) electrons. The highest BCUT2D eigenvalue weighted by Gasteiger charge is 2.29. The molecule has 0 spiro atoms. The molecule has 0 bridgehead atoms. The molecule has 154 valence electrons. The van der Waals surface area contributed by atoms with E-state index in [0.717, 1.165) is 29.9 Å². The first-order valence-corrected chi connectivity index (χ1v) is 13.3. The Bertz CT molecular complexity index is 1230. The Morgan fingerprint density at radius 3 is 2.97 bits per heavy atom. The van der Waals surface area contributed by atoms with Crippen LogP contribution >= 0.6 is 23.1 Å². The van der Waals surface area contributed by atoms with Gasteiger partial charge in [0.15, 0.2) is 14.8 Å². The molecule has 11 heteroatoms. The lowest BCUT2D eigenvalue weighted by molar-refractivity contribution is 0.389. The maximum absolute atomic E-state index is 12.6. The number of nitrogens with zero attached hydrogens (tertiary/aromatic N) is 4. The molecule has 2 aliphatic rings. The van der Waals surface area contributed by atoms with Gasteiger partial charge in [0.05, 0.1) is 17.2 Å². The van der Waals surface area contributed by atoms with Crippen LogP contribution in [-0.2, 0) is 34.9 Å². The standard InChI is InChI=1S/C18H20N4O4S3/c23-16-8-12(19-17-22(16)13-3-1-2-4-14(13)28-17)9-27-18-21-20-15(26-18)7-11-5-6-29(24,25)10-11/h8,11H,1-7,9-10H2. The molecule has 1 aliphatic carbocycles. The number of aryl methyl sites for hydroxylation is 2. The summed E-state index contributed by atoms with van der Waals surface area (Å²) in [6, 6.07) is 1.59. The van der Waals surface area contributed by atoms with E-state index >= 15 is 0 Å². The second-order valence-electron chi connectivity index (χ2n) is 7.61. The summed E-state index contributed by atoms with van der Waals surface area (Å²) < 4.78 is 30.6. The summed E-state index contributed by atoms with van der Waals surface area (Å²) in [5.41, 5.74) is 1.79. The maximum Gasteiger partial charge on any atom is 0.276 e. The normalized spacial score (nSPS) is 20.9.